The molecule has 0 saturated carbocycles. The predicted molar refractivity (Wildman–Crippen MR) is 111 cm³/mol. The summed E-state index contributed by atoms with van der Waals surface area (Å²) >= 11 is 6.68. The fourth-order valence-electron chi connectivity index (χ4n) is 3.92. The number of benzene rings is 3. The van der Waals surface area contributed by atoms with Crippen molar-refractivity contribution in [3.05, 3.63) is 101 Å². The molecule has 3 aromatic carbocycles. The van der Waals surface area contributed by atoms with E-state index in [4.69, 9.17) is 16.3 Å². The largest absolute Gasteiger partial charge is 0.475 e. The smallest absolute Gasteiger partial charge is 0.178 e. The van der Waals surface area contributed by atoms with E-state index in [0.29, 0.717) is 0 Å². The topological polar surface area (TPSA) is 21.3 Å². The molecule has 2 nitrogen and oxygen atoms in total. The van der Waals surface area contributed by atoms with Gasteiger partial charge < -0.3 is 10.1 Å². The molecule has 0 spiro atoms. The van der Waals surface area contributed by atoms with Gasteiger partial charge in [0.15, 0.2) is 5.60 Å². The number of hydrogen-bond donors (Lipinski definition) is 1. The Morgan fingerprint density at radius 3 is 1.89 bits per heavy atom. The third-order valence-corrected chi connectivity index (χ3v) is 5.29. The Labute approximate surface area is 166 Å². The van der Waals surface area contributed by atoms with E-state index in [1.807, 2.05) is 30.3 Å². The molecule has 138 valence electrons. The Morgan fingerprint density at radius 2 is 1.37 bits per heavy atom. The summed E-state index contributed by atoms with van der Waals surface area (Å²) < 4.78 is 6.76. The molecule has 0 aliphatic carbocycles. The second-order valence-corrected chi connectivity index (χ2v) is 8.46. The lowest BCUT2D eigenvalue weighted by atomic mass is 9.78. The maximum atomic E-state index is 6.76. The van der Waals surface area contributed by atoms with Crippen molar-refractivity contribution in [2.45, 2.75) is 38.0 Å². The number of halogens is 1. The van der Waals surface area contributed by atoms with Gasteiger partial charge in [-0.15, -0.1) is 0 Å². The minimum absolute atomic E-state index is 0.119. The Kier molecular flexibility index (Phi) is 4.49. The minimum Gasteiger partial charge on any atom is -0.475 e. The average molecular weight is 378 g/mol. The van der Waals surface area contributed by atoms with Gasteiger partial charge in [0.2, 0.25) is 0 Å². The lowest BCUT2D eigenvalue weighted by Crippen LogP contribution is -2.49. The summed E-state index contributed by atoms with van der Waals surface area (Å²) in [6.07, 6.45) is 0. The first kappa shape index (κ1) is 18.1. The van der Waals surface area contributed by atoms with Crippen LogP contribution >= 0.6 is 11.6 Å². The van der Waals surface area contributed by atoms with Gasteiger partial charge >= 0.3 is 0 Å². The highest BCUT2D eigenvalue weighted by Crippen LogP contribution is 2.55. The van der Waals surface area contributed by atoms with Crippen LogP contribution in [0.25, 0.3) is 0 Å². The van der Waals surface area contributed by atoms with Gasteiger partial charge in [0.05, 0.1) is 6.04 Å². The van der Waals surface area contributed by atoms with Crippen molar-refractivity contribution in [3.8, 4) is 5.75 Å². The van der Waals surface area contributed by atoms with Gasteiger partial charge in [-0.05, 0) is 32.9 Å². The van der Waals surface area contributed by atoms with Crippen LogP contribution in [0.3, 0.4) is 0 Å². The number of rotatable bonds is 3. The molecular formula is C24H24ClNO. The molecule has 0 bridgehead atoms. The number of fused-ring (bicyclic) bond motifs is 1. The van der Waals surface area contributed by atoms with Crippen LogP contribution in [0.4, 0.5) is 0 Å². The Bertz CT molecular complexity index is 892. The summed E-state index contributed by atoms with van der Waals surface area (Å²) in [5.74, 6) is 0.831. The molecule has 1 aliphatic rings. The molecule has 1 heterocycles. The van der Waals surface area contributed by atoms with Crippen LogP contribution in [0, 0.1) is 0 Å². The lowest BCUT2D eigenvalue weighted by molar-refractivity contribution is 0.0850. The molecular weight excluding hydrogens is 354 g/mol. The van der Waals surface area contributed by atoms with Crippen molar-refractivity contribution in [1.29, 1.82) is 0 Å². The first-order valence-electron chi connectivity index (χ1n) is 9.28. The van der Waals surface area contributed by atoms with Crippen LogP contribution < -0.4 is 10.1 Å². The van der Waals surface area contributed by atoms with Gasteiger partial charge in [0.1, 0.15) is 5.75 Å². The fourth-order valence-corrected chi connectivity index (χ4v) is 4.19. The first-order valence-corrected chi connectivity index (χ1v) is 9.66. The minimum atomic E-state index is -0.691. The summed E-state index contributed by atoms with van der Waals surface area (Å²) in [7, 11) is 0. The summed E-state index contributed by atoms with van der Waals surface area (Å²) in [6, 6.07) is 26.6. The van der Waals surface area contributed by atoms with E-state index in [0.717, 1.165) is 27.5 Å². The second-order valence-electron chi connectivity index (χ2n) is 8.05. The maximum Gasteiger partial charge on any atom is 0.178 e. The van der Waals surface area contributed by atoms with Crippen LogP contribution in [-0.4, -0.2) is 5.54 Å². The molecule has 1 N–H and O–H groups in total. The number of ether oxygens (including phenoxy) is 1. The highest BCUT2D eigenvalue weighted by Gasteiger charge is 2.53. The summed E-state index contributed by atoms with van der Waals surface area (Å²) in [4.78, 5) is 0. The highest BCUT2D eigenvalue weighted by atomic mass is 35.5. The van der Waals surface area contributed by atoms with Crippen LogP contribution in [0.2, 0.25) is 5.02 Å². The number of hydrogen-bond acceptors (Lipinski definition) is 2. The van der Waals surface area contributed by atoms with E-state index < -0.39 is 5.60 Å². The summed E-state index contributed by atoms with van der Waals surface area (Å²) in [5, 5.41) is 4.52. The molecule has 0 radical (unpaired) electrons. The zero-order valence-electron chi connectivity index (χ0n) is 15.9. The summed E-state index contributed by atoms with van der Waals surface area (Å²) in [6.45, 7) is 6.51. The monoisotopic (exact) mass is 377 g/mol. The van der Waals surface area contributed by atoms with Crippen molar-refractivity contribution >= 4 is 11.6 Å². The predicted octanol–water partition coefficient (Wildman–Crippen LogP) is 6.11. The molecule has 0 fully saturated rings. The van der Waals surface area contributed by atoms with Crippen LogP contribution in [0.15, 0.2) is 78.9 Å². The van der Waals surface area contributed by atoms with Crippen LogP contribution in [0.1, 0.15) is 43.5 Å². The van der Waals surface area contributed by atoms with Crippen LogP contribution in [0.5, 0.6) is 5.75 Å². The van der Waals surface area contributed by atoms with Crippen molar-refractivity contribution in [2.75, 3.05) is 0 Å². The van der Waals surface area contributed by atoms with Crippen molar-refractivity contribution in [2.24, 2.45) is 0 Å². The Hall–Kier alpha value is -2.29. The van der Waals surface area contributed by atoms with E-state index in [9.17, 15) is 0 Å². The third-order valence-electron chi connectivity index (χ3n) is 4.96. The Balaban J connectivity index is 2.01. The molecule has 4 rings (SSSR count). The molecule has 3 heteroatoms. The van der Waals surface area contributed by atoms with Gasteiger partial charge in [0.25, 0.3) is 0 Å². The van der Waals surface area contributed by atoms with Gasteiger partial charge in [-0.3, -0.25) is 0 Å². The zero-order chi connectivity index (χ0) is 19.1. The maximum absolute atomic E-state index is 6.76. The normalized spacial score (nSPS) is 18.0. The second kappa shape index (κ2) is 6.70. The molecule has 3 aromatic rings. The fraction of sp³-hybridized carbons (Fsp3) is 0.250. The molecule has 1 aliphatic heterocycles. The van der Waals surface area contributed by atoms with E-state index in [1.54, 1.807) is 0 Å². The molecule has 27 heavy (non-hydrogen) atoms. The molecule has 1 unspecified atom stereocenters. The van der Waals surface area contributed by atoms with E-state index >= 15 is 0 Å². The first-order chi connectivity index (χ1) is 12.9. The standard InChI is InChI=1S/C24H24ClNO/c1-23(2,3)26-22-21-19(25)15-10-16-20(21)27-24(22,17-11-6-4-7-12-17)18-13-8-5-9-14-18/h4-16,22,26H,1-3H3. The lowest BCUT2D eigenvalue weighted by Gasteiger charge is -2.39. The molecule has 0 amide bonds. The molecule has 1 atom stereocenters. The molecule has 0 aromatic heterocycles. The van der Waals surface area contributed by atoms with E-state index in [-0.39, 0.29) is 11.6 Å². The molecule has 0 saturated heterocycles. The van der Waals surface area contributed by atoms with E-state index in [2.05, 4.69) is 74.6 Å². The SMILES string of the molecule is CC(C)(C)NC1c2c(Cl)cccc2OC1(c1ccccc1)c1ccccc1. The van der Waals surface area contributed by atoms with Gasteiger partial charge in [-0.1, -0.05) is 78.3 Å². The van der Waals surface area contributed by atoms with Gasteiger partial charge in [0, 0.05) is 27.3 Å². The van der Waals surface area contributed by atoms with Crippen molar-refractivity contribution in [1.82, 2.24) is 5.32 Å². The van der Waals surface area contributed by atoms with E-state index in [1.165, 1.54) is 0 Å². The van der Waals surface area contributed by atoms with Gasteiger partial charge in [-0.2, -0.15) is 0 Å². The Morgan fingerprint density at radius 1 is 0.815 bits per heavy atom. The highest BCUT2D eigenvalue weighted by molar-refractivity contribution is 6.31. The zero-order valence-corrected chi connectivity index (χ0v) is 16.6. The van der Waals surface area contributed by atoms with Gasteiger partial charge in [-0.25, -0.2) is 0 Å². The number of nitrogens with one attached hydrogen (secondary N) is 1. The van der Waals surface area contributed by atoms with Crippen LogP contribution in [-0.2, 0) is 5.60 Å². The average Bonchev–Trinajstić information content (AvgIpc) is 2.98. The third kappa shape index (κ3) is 3.13. The summed E-state index contributed by atoms with van der Waals surface area (Å²) in [5.41, 5.74) is 2.41. The quantitative estimate of drug-likeness (QED) is 0.595. The van der Waals surface area contributed by atoms with Crippen molar-refractivity contribution < 1.29 is 4.74 Å². The van der Waals surface area contributed by atoms with Crippen molar-refractivity contribution in [3.63, 3.8) is 0 Å².